The predicted octanol–water partition coefficient (Wildman–Crippen LogP) is 1.93. The number of thioether (sulfide) groups is 1. The van der Waals surface area contributed by atoms with Crippen molar-refractivity contribution >= 4 is 17.7 Å². The average Bonchev–Trinajstić information content (AvgIpc) is 2.30. The number of benzene rings is 1. The highest BCUT2D eigenvalue weighted by Gasteiger charge is 2.00. The largest absolute Gasteiger partial charge is 0.356 e. The summed E-state index contributed by atoms with van der Waals surface area (Å²) in [7, 11) is 0. The van der Waals surface area contributed by atoms with Crippen molar-refractivity contribution in [1.29, 1.82) is 5.26 Å². The Labute approximate surface area is 99.8 Å². The molecule has 0 aliphatic heterocycles. The number of nitriles is 1. The van der Waals surface area contributed by atoms with Crippen LogP contribution in [0.2, 0.25) is 0 Å². The maximum absolute atomic E-state index is 11.2. The maximum Gasteiger partial charge on any atom is 0.229 e. The fraction of sp³-hybridized carbons (Fsp3) is 0.333. The Morgan fingerprint density at radius 3 is 2.69 bits per heavy atom. The smallest absolute Gasteiger partial charge is 0.229 e. The van der Waals surface area contributed by atoms with E-state index < -0.39 is 0 Å². The van der Waals surface area contributed by atoms with Crippen LogP contribution in [-0.4, -0.2) is 18.2 Å². The first-order valence-electron chi connectivity index (χ1n) is 5.09. The zero-order chi connectivity index (χ0) is 11.8. The van der Waals surface area contributed by atoms with E-state index in [-0.39, 0.29) is 5.91 Å². The van der Waals surface area contributed by atoms with E-state index in [0.29, 0.717) is 17.9 Å². The molecule has 0 atom stereocenters. The summed E-state index contributed by atoms with van der Waals surface area (Å²) in [5.74, 6) is 1.34. The minimum Gasteiger partial charge on any atom is -0.356 e. The number of carbonyl (C=O) groups excluding carboxylic acids is 1. The van der Waals surface area contributed by atoms with Gasteiger partial charge in [-0.15, -0.1) is 11.8 Å². The van der Waals surface area contributed by atoms with E-state index in [1.54, 1.807) is 23.9 Å². The lowest BCUT2D eigenvalue weighted by molar-refractivity contribution is -0.118. The van der Waals surface area contributed by atoms with Crippen molar-refractivity contribution in [3.8, 4) is 6.07 Å². The molecule has 84 valence electrons. The molecule has 16 heavy (non-hydrogen) atoms. The van der Waals surface area contributed by atoms with Gasteiger partial charge in [0, 0.05) is 12.3 Å². The van der Waals surface area contributed by atoms with E-state index in [2.05, 4.69) is 11.4 Å². The third-order valence-electron chi connectivity index (χ3n) is 1.96. The first kappa shape index (κ1) is 12.6. The van der Waals surface area contributed by atoms with Gasteiger partial charge in [-0.1, -0.05) is 12.1 Å². The minimum atomic E-state index is 0.0705. The van der Waals surface area contributed by atoms with E-state index in [1.807, 2.05) is 19.1 Å². The lowest BCUT2D eigenvalue weighted by Gasteiger charge is -2.02. The first-order valence-corrected chi connectivity index (χ1v) is 6.25. The van der Waals surface area contributed by atoms with Crippen molar-refractivity contribution < 1.29 is 4.79 Å². The van der Waals surface area contributed by atoms with Crippen LogP contribution in [0, 0.1) is 11.3 Å². The Bertz CT molecular complexity index is 381. The van der Waals surface area contributed by atoms with E-state index in [9.17, 15) is 4.79 Å². The van der Waals surface area contributed by atoms with Crippen LogP contribution in [0.15, 0.2) is 24.3 Å². The van der Waals surface area contributed by atoms with Gasteiger partial charge in [-0.3, -0.25) is 4.79 Å². The highest BCUT2D eigenvalue weighted by molar-refractivity contribution is 7.99. The summed E-state index contributed by atoms with van der Waals surface area (Å²) in [5.41, 5.74) is 1.80. The van der Waals surface area contributed by atoms with E-state index in [1.165, 1.54) is 0 Å². The van der Waals surface area contributed by atoms with Crippen LogP contribution in [0.25, 0.3) is 0 Å². The van der Waals surface area contributed by atoms with E-state index >= 15 is 0 Å². The Balaban J connectivity index is 2.32. The molecule has 1 aromatic rings. The van der Waals surface area contributed by atoms with Crippen molar-refractivity contribution in [2.24, 2.45) is 0 Å². The van der Waals surface area contributed by atoms with Gasteiger partial charge < -0.3 is 5.32 Å². The van der Waals surface area contributed by atoms with Gasteiger partial charge >= 0.3 is 0 Å². The van der Waals surface area contributed by atoms with Crippen LogP contribution in [0.1, 0.15) is 18.1 Å². The van der Waals surface area contributed by atoms with Gasteiger partial charge in [-0.25, -0.2) is 0 Å². The topological polar surface area (TPSA) is 52.9 Å². The molecule has 0 aliphatic carbocycles. The van der Waals surface area contributed by atoms with Crippen LogP contribution in [0.3, 0.4) is 0 Å². The molecular formula is C12H14N2OS. The van der Waals surface area contributed by atoms with Gasteiger partial charge in [0.05, 0.1) is 17.4 Å². The van der Waals surface area contributed by atoms with Crippen molar-refractivity contribution in [3.05, 3.63) is 35.4 Å². The fourth-order valence-corrected chi connectivity index (χ4v) is 2.00. The lowest BCUT2D eigenvalue weighted by Crippen LogP contribution is -2.24. The van der Waals surface area contributed by atoms with E-state index in [0.717, 1.165) is 11.3 Å². The Hall–Kier alpha value is -1.47. The molecule has 0 radical (unpaired) electrons. The standard InChI is InChI=1S/C12H14N2OS/c1-2-14-12(15)9-16-8-11-5-3-10(7-13)4-6-11/h3-6H,2,8-9H2,1H3,(H,14,15). The molecule has 0 fully saturated rings. The van der Waals surface area contributed by atoms with Crippen molar-refractivity contribution in [1.82, 2.24) is 5.32 Å². The Kier molecular flexibility index (Phi) is 5.44. The third kappa shape index (κ3) is 4.37. The molecule has 0 saturated heterocycles. The summed E-state index contributed by atoms with van der Waals surface area (Å²) >= 11 is 1.57. The molecule has 1 aromatic carbocycles. The molecule has 0 aliphatic rings. The zero-order valence-corrected chi connectivity index (χ0v) is 10.0. The van der Waals surface area contributed by atoms with Gasteiger partial charge in [-0.2, -0.15) is 5.26 Å². The molecule has 0 bridgehead atoms. The summed E-state index contributed by atoms with van der Waals surface area (Å²) < 4.78 is 0. The number of nitrogens with zero attached hydrogens (tertiary/aromatic N) is 1. The molecule has 0 heterocycles. The number of amides is 1. The quantitative estimate of drug-likeness (QED) is 0.847. The molecule has 1 N–H and O–H groups in total. The van der Waals surface area contributed by atoms with Gasteiger partial charge in [0.2, 0.25) is 5.91 Å². The molecule has 0 spiro atoms. The Morgan fingerprint density at radius 1 is 1.44 bits per heavy atom. The van der Waals surface area contributed by atoms with Crippen LogP contribution < -0.4 is 5.32 Å². The maximum atomic E-state index is 11.2. The van der Waals surface area contributed by atoms with Crippen molar-refractivity contribution in [2.45, 2.75) is 12.7 Å². The average molecular weight is 234 g/mol. The molecule has 0 saturated carbocycles. The van der Waals surface area contributed by atoms with Gasteiger partial charge in [0.15, 0.2) is 0 Å². The predicted molar refractivity (Wildman–Crippen MR) is 66.0 cm³/mol. The summed E-state index contributed by atoms with van der Waals surface area (Å²) in [6.45, 7) is 2.58. The monoisotopic (exact) mass is 234 g/mol. The summed E-state index contributed by atoms with van der Waals surface area (Å²) in [6, 6.07) is 9.50. The third-order valence-corrected chi connectivity index (χ3v) is 2.96. The number of hydrogen-bond donors (Lipinski definition) is 1. The molecule has 3 nitrogen and oxygen atoms in total. The highest BCUT2D eigenvalue weighted by Crippen LogP contribution is 2.12. The molecule has 0 aromatic heterocycles. The normalized spacial score (nSPS) is 9.50. The van der Waals surface area contributed by atoms with Gasteiger partial charge in [-0.05, 0) is 24.6 Å². The lowest BCUT2D eigenvalue weighted by atomic mass is 10.2. The SMILES string of the molecule is CCNC(=O)CSCc1ccc(C#N)cc1. The van der Waals surface area contributed by atoms with Crippen LogP contribution >= 0.6 is 11.8 Å². The highest BCUT2D eigenvalue weighted by atomic mass is 32.2. The molecule has 1 rings (SSSR count). The number of carbonyl (C=O) groups is 1. The van der Waals surface area contributed by atoms with Crippen LogP contribution in [0.5, 0.6) is 0 Å². The molecule has 1 amide bonds. The fourth-order valence-electron chi connectivity index (χ4n) is 1.19. The molecule has 4 heteroatoms. The van der Waals surface area contributed by atoms with Crippen LogP contribution in [0.4, 0.5) is 0 Å². The number of hydrogen-bond acceptors (Lipinski definition) is 3. The summed E-state index contributed by atoms with van der Waals surface area (Å²) in [6.07, 6.45) is 0. The number of rotatable bonds is 5. The zero-order valence-electron chi connectivity index (χ0n) is 9.19. The van der Waals surface area contributed by atoms with Crippen LogP contribution in [-0.2, 0) is 10.5 Å². The van der Waals surface area contributed by atoms with Gasteiger partial charge in [0.1, 0.15) is 0 Å². The summed E-state index contributed by atoms with van der Waals surface area (Å²) in [4.78, 5) is 11.2. The van der Waals surface area contributed by atoms with Crippen molar-refractivity contribution in [3.63, 3.8) is 0 Å². The second-order valence-electron chi connectivity index (χ2n) is 3.26. The van der Waals surface area contributed by atoms with E-state index in [4.69, 9.17) is 5.26 Å². The first-order chi connectivity index (χ1) is 7.76. The molecule has 0 unspecified atom stereocenters. The second kappa shape index (κ2) is 6.91. The van der Waals surface area contributed by atoms with Gasteiger partial charge in [0.25, 0.3) is 0 Å². The summed E-state index contributed by atoms with van der Waals surface area (Å²) in [5, 5.41) is 11.4. The molecular weight excluding hydrogens is 220 g/mol. The Morgan fingerprint density at radius 2 is 2.12 bits per heavy atom. The minimum absolute atomic E-state index is 0.0705. The van der Waals surface area contributed by atoms with Crippen molar-refractivity contribution in [2.75, 3.05) is 12.3 Å². The second-order valence-corrected chi connectivity index (χ2v) is 4.24. The number of nitrogens with one attached hydrogen (secondary N) is 1.